The van der Waals surface area contributed by atoms with Gasteiger partial charge in [0.15, 0.2) is 4.96 Å². The summed E-state index contributed by atoms with van der Waals surface area (Å²) < 4.78 is 28.9. The van der Waals surface area contributed by atoms with Crippen molar-refractivity contribution < 1.29 is 8.42 Å². The van der Waals surface area contributed by atoms with E-state index >= 15 is 0 Å². The normalized spacial score (nSPS) is 12.0. The summed E-state index contributed by atoms with van der Waals surface area (Å²) in [5.41, 5.74) is 3.12. The van der Waals surface area contributed by atoms with Gasteiger partial charge in [-0.05, 0) is 23.8 Å². The monoisotopic (exact) mass is 381 g/mol. The average Bonchev–Trinajstić information content (AvgIpc) is 3.23. The van der Waals surface area contributed by atoms with Crippen LogP contribution in [0.2, 0.25) is 0 Å². The Kier molecular flexibility index (Phi) is 4.32. The third-order valence-corrected chi connectivity index (χ3v) is 5.56. The fourth-order valence-electron chi connectivity index (χ4n) is 2.51. The zero-order valence-electron chi connectivity index (χ0n) is 13.6. The Morgan fingerprint density at radius 1 is 1.04 bits per heavy atom. The van der Waals surface area contributed by atoms with Gasteiger partial charge in [0.05, 0.1) is 11.1 Å². The molecule has 0 fully saturated rings. The molecule has 4 rings (SSSR count). The summed E-state index contributed by atoms with van der Waals surface area (Å²) >= 11 is 1.57. The van der Waals surface area contributed by atoms with Gasteiger partial charge in [0, 0.05) is 29.0 Å². The van der Waals surface area contributed by atoms with Gasteiger partial charge in [-0.3, -0.25) is 9.12 Å². The molecule has 0 radical (unpaired) electrons. The largest absolute Gasteiger partial charge is 0.297 e. The third-order valence-electron chi connectivity index (χ3n) is 3.77. The first-order chi connectivity index (χ1) is 12.6. The summed E-state index contributed by atoms with van der Waals surface area (Å²) in [7, 11) is -3.57. The minimum absolute atomic E-state index is 0.507. The Morgan fingerprint density at radius 3 is 2.54 bits per heavy atom. The van der Waals surface area contributed by atoms with E-state index in [1.165, 1.54) is 5.41 Å². The SMILES string of the molecule is O=S(=O)(/C=C/c1ccccc1)Nc1ccc(-c2cn3ccsc3n2)cc1. The zero-order chi connectivity index (χ0) is 18.0. The lowest BCUT2D eigenvalue weighted by Gasteiger charge is -2.05. The first-order valence-corrected chi connectivity index (χ1v) is 10.3. The number of imidazole rings is 1. The van der Waals surface area contributed by atoms with Gasteiger partial charge >= 0.3 is 0 Å². The number of benzene rings is 2. The maximum atomic E-state index is 12.2. The zero-order valence-corrected chi connectivity index (χ0v) is 15.2. The number of rotatable bonds is 5. The maximum absolute atomic E-state index is 12.2. The fourth-order valence-corrected chi connectivity index (χ4v) is 4.08. The quantitative estimate of drug-likeness (QED) is 0.554. The molecule has 26 heavy (non-hydrogen) atoms. The molecular formula is C19H15N3O2S2. The maximum Gasteiger partial charge on any atom is 0.255 e. The number of sulfonamides is 1. The molecule has 0 atom stereocenters. The van der Waals surface area contributed by atoms with Crippen LogP contribution in [0.1, 0.15) is 5.56 Å². The van der Waals surface area contributed by atoms with Gasteiger partial charge in [-0.25, -0.2) is 13.4 Å². The van der Waals surface area contributed by atoms with Crippen LogP contribution in [0.5, 0.6) is 0 Å². The van der Waals surface area contributed by atoms with Crippen molar-refractivity contribution in [3.8, 4) is 11.3 Å². The van der Waals surface area contributed by atoms with E-state index in [0.29, 0.717) is 5.69 Å². The summed E-state index contributed by atoms with van der Waals surface area (Å²) in [6.45, 7) is 0. The van der Waals surface area contributed by atoms with Crippen LogP contribution in [-0.4, -0.2) is 17.8 Å². The molecule has 0 unspecified atom stereocenters. The van der Waals surface area contributed by atoms with Gasteiger partial charge < -0.3 is 0 Å². The lowest BCUT2D eigenvalue weighted by Crippen LogP contribution is -2.08. The highest BCUT2D eigenvalue weighted by molar-refractivity contribution is 7.95. The molecular weight excluding hydrogens is 366 g/mol. The summed E-state index contributed by atoms with van der Waals surface area (Å²) in [5, 5.41) is 3.15. The Labute approximate surface area is 155 Å². The highest BCUT2D eigenvalue weighted by Crippen LogP contribution is 2.23. The first-order valence-electron chi connectivity index (χ1n) is 7.88. The van der Waals surface area contributed by atoms with Crippen LogP contribution in [0, 0.1) is 0 Å². The lowest BCUT2D eigenvalue weighted by atomic mass is 10.1. The Bertz CT molecular complexity index is 1130. The molecule has 0 aliphatic heterocycles. The molecule has 0 saturated carbocycles. The second-order valence-corrected chi connectivity index (χ2v) is 8.10. The van der Waals surface area contributed by atoms with Gasteiger partial charge in [0.25, 0.3) is 10.0 Å². The summed E-state index contributed by atoms with van der Waals surface area (Å²) in [5.74, 6) is 0. The third kappa shape index (κ3) is 3.68. The van der Waals surface area contributed by atoms with E-state index in [-0.39, 0.29) is 0 Å². The molecule has 2 aromatic heterocycles. The van der Waals surface area contributed by atoms with Crippen molar-refractivity contribution in [3.05, 3.63) is 83.3 Å². The molecule has 130 valence electrons. The van der Waals surface area contributed by atoms with E-state index < -0.39 is 10.0 Å². The van der Waals surface area contributed by atoms with E-state index in [2.05, 4.69) is 9.71 Å². The minimum Gasteiger partial charge on any atom is -0.297 e. The molecule has 7 heteroatoms. The van der Waals surface area contributed by atoms with Gasteiger partial charge in [0.1, 0.15) is 0 Å². The number of anilines is 1. The highest BCUT2D eigenvalue weighted by atomic mass is 32.2. The van der Waals surface area contributed by atoms with E-state index in [4.69, 9.17) is 0 Å². The number of nitrogens with one attached hydrogen (secondary N) is 1. The molecule has 0 aliphatic carbocycles. The number of hydrogen-bond donors (Lipinski definition) is 1. The number of fused-ring (bicyclic) bond motifs is 1. The average molecular weight is 381 g/mol. The van der Waals surface area contributed by atoms with Gasteiger partial charge in [-0.2, -0.15) is 0 Å². The van der Waals surface area contributed by atoms with Crippen molar-refractivity contribution in [1.29, 1.82) is 0 Å². The molecule has 0 saturated heterocycles. The molecule has 4 aromatic rings. The second kappa shape index (κ2) is 6.78. The highest BCUT2D eigenvalue weighted by Gasteiger charge is 2.08. The molecule has 0 amide bonds. The second-order valence-electron chi connectivity index (χ2n) is 5.66. The minimum atomic E-state index is -3.57. The van der Waals surface area contributed by atoms with Crippen molar-refractivity contribution in [2.75, 3.05) is 4.72 Å². The van der Waals surface area contributed by atoms with Crippen molar-refractivity contribution in [2.45, 2.75) is 0 Å². The molecule has 5 nitrogen and oxygen atoms in total. The fraction of sp³-hybridized carbons (Fsp3) is 0. The number of nitrogens with zero attached hydrogens (tertiary/aromatic N) is 2. The van der Waals surface area contributed by atoms with Crippen LogP contribution in [0.15, 0.2) is 77.8 Å². The van der Waals surface area contributed by atoms with Crippen LogP contribution in [0.3, 0.4) is 0 Å². The van der Waals surface area contributed by atoms with Crippen LogP contribution in [0.25, 0.3) is 22.3 Å². The van der Waals surface area contributed by atoms with E-state index in [1.807, 2.05) is 64.6 Å². The summed E-state index contributed by atoms with van der Waals surface area (Å²) in [6.07, 6.45) is 5.47. The lowest BCUT2D eigenvalue weighted by molar-refractivity contribution is 0.609. The standard InChI is InChI=1S/C19H15N3O2S2/c23-26(24,13-10-15-4-2-1-3-5-15)21-17-8-6-16(7-9-17)18-14-22-11-12-25-19(22)20-18/h1-14,21H/b13-10+. The smallest absolute Gasteiger partial charge is 0.255 e. The molecule has 1 N–H and O–H groups in total. The summed E-state index contributed by atoms with van der Waals surface area (Å²) in [6, 6.07) is 16.5. The van der Waals surface area contributed by atoms with E-state index in [9.17, 15) is 8.42 Å². The first kappa shape index (κ1) is 16.6. The van der Waals surface area contributed by atoms with Crippen LogP contribution >= 0.6 is 11.3 Å². The number of thiazole rings is 1. The van der Waals surface area contributed by atoms with Crippen molar-refractivity contribution in [1.82, 2.24) is 9.38 Å². The predicted molar refractivity (Wildman–Crippen MR) is 107 cm³/mol. The molecule has 2 aromatic carbocycles. The predicted octanol–water partition coefficient (Wildman–Crippen LogP) is 4.48. The van der Waals surface area contributed by atoms with E-state index in [0.717, 1.165) is 21.8 Å². The van der Waals surface area contributed by atoms with Crippen molar-refractivity contribution >= 4 is 38.1 Å². The van der Waals surface area contributed by atoms with Crippen LogP contribution in [0.4, 0.5) is 5.69 Å². The van der Waals surface area contributed by atoms with Gasteiger partial charge in [0.2, 0.25) is 0 Å². The summed E-state index contributed by atoms with van der Waals surface area (Å²) in [4.78, 5) is 5.47. The van der Waals surface area contributed by atoms with Gasteiger partial charge in [-0.15, -0.1) is 11.3 Å². The van der Waals surface area contributed by atoms with Crippen LogP contribution < -0.4 is 4.72 Å². The number of aromatic nitrogens is 2. The Hall–Kier alpha value is -2.90. The van der Waals surface area contributed by atoms with E-state index in [1.54, 1.807) is 29.5 Å². The van der Waals surface area contributed by atoms with Crippen molar-refractivity contribution in [3.63, 3.8) is 0 Å². The number of hydrogen-bond acceptors (Lipinski definition) is 4. The molecule has 0 bridgehead atoms. The van der Waals surface area contributed by atoms with Crippen molar-refractivity contribution in [2.24, 2.45) is 0 Å². The Morgan fingerprint density at radius 2 is 1.81 bits per heavy atom. The molecule has 2 heterocycles. The molecule has 0 spiro atoms. The molecule has 0 aliphatic rings. The van der Waals surface area contributed by atoms with Crippen LogP contribution in [-0.2, 0) is 10.0 Å². The van der Waals surface area contributed by atoms with Gasteiger partial charge in [-0.1, -0.05) is 42.5 Å². The Balaban J connectivity index is 1.50. The topological polar surface area (TPSA) is 63.5 Å².